The number of nitrogens with zero attached hydrogens (tertiary/aromatic N) is 3. The third kappa shape index (κ3) is 7.85. The fraction of sp³-hybridized carbons (Fsp3) is 0.867. The van der Waals surface area contributed by atoms with E-state index >= 15 is 0 Å². The Bertz CT molecular complexity index is 428. The Morgan fingerprint density at radius 2 is 2.08 bits per heavy atom. The van der Waals surface area contributed by atoms with E-state index in [1.807, 2.05) is 18.7 Å². The highest BCUT2D eigenvalue weighted by Crippen LogP contribution is 2.15. The van der Waals surface area contributed by atoms with Crippen LogP contribution in [0.5, 0.6) is 0 Å². The molecule has 0 radical (unpaired) electrons. The van der Waals surface area contributed by atoms with Gasteiger partial charge in [0, 0.05) is 38.6 Å². The zero-order valence-corrected chi connectivity index (χ0v) is 14.6. The van der Waals surface area contributed by atoms with Gasteiger partial charge in [-0.05, 0) is 20.4 Å². The van der Waals surface area contributed by atoms with E-state index in [1.54, 1.807) is 0 Å². The van der Waals surface area contributed by atoms with Crippen LogP contribution in [0.2, 0.25) is 0 Å². The number of carbonyl (C=O) groups excluding carboxylic acids is 1. The van der Waals surface area contributed by atoms with Crippen LogP contribution in [-0.4, -0.2) is 80.2 Å². The van der Waals surface area contributed by atoms with Crippen LogP contribution in [0, 0.1) is 0 Å². The molecule has 24 heavy (non-hydrogen) atoms. The molecule has 140 valence electrons. The standard InChI is InChI=1S/C15H28F3N5O/c1-4-13(24)23-8-6-12(10-23)21-14(19-5-2)20-7-9-22(3)11-15(16,17)18/h12H,4-11H2,1-3H3,(H2,19,20,21). The highest BCUT2D eigenvalue weighted by molar-refractivity contribution is 5.80. The van der Waals surface area contributed by atoms with Crippen LogP contribution in [0.25, 0.3) is 0 Å². The molecular formula is C15H28F3N5O. The van der Waals surface area contributed by atoms with Crippen LogP contribution >= 0.6 is 0 Å². The molecule has 1 saturated heterocycles. The minimum Gasteiger partial charge on any atom is -0.357 e. The normalized spacial score (nSPS) is 19.0. The predicted octanol–water partition coefficient (Wildman–Crippen LogP) is 1.05. The molecule has 0 aromatic heterocycles. The molecule has 1 fully saturated rings. The van der Waals surface area contributed by atoms with Gasteiger partial charge in [-0.25, -0.2) is 0 Å². The predicted molar refractivity (Wildman–Crippen MR) is 87.9 cm³/mol. The molecule has 1 aliphatic rings. The highest BCUT2D eigenvalue weighted by Gasteiger charge is 2.29. The molecule has 0 spiro atoms. The molecule has 1 amide bonds. The molecule has 9 heteroatoms. The van der Waals surface area contributed by atoms with Crippen molar-refractivity contribution < 1.29 is 18.0 Å². The smallest absolute Gasteiger partial charge is 0.357 e. The first-order chi connectivity index (χ1) is 11.2. The van der Waals surface area contributed by atoms with E-state index in [1.165, 1.54) is 11.9 Å². The molecule has 6 nitrogen and oxygen atoms in total. The highest BCUT2D eigenvalue weighted by atomic mass is 19.4. The average Bonchev–Trinajstić information content (AvgIpc) is 2.93. The van der Waals surface area contributed by atoms with Crippen LogP contribution in [0.4, 0.5) is 13.2 Å². The van der Waals surface area contributed by atoms with Crippen LogP contribution < -0.4 is 10.6 Å². The van der Waals surface area contributed by atoms with E-state index in [0.717, 1.165) is 13.0 Å². The quantitative estimate of drug-likeness (QED) is 0.532. The fourth-order valence-corrected chi connectivity index (χ4v) is 2.56. The van der Waals surface area contributed by atoms with Gasteiger partial charge in [0.15, 0.2) is 5.96 Å². The number of hydrogen-bond acceptors (Lipinski definition) is 3. The lowest BCUT2D eigenvalue weighted by Crippen LogP contribution is -2.45. The van der Waals surface area contributed by atoms with E-state index in [9.17, 15) is 18.0 Å². The summed E-state index contributed by atoms with van der Waals surface area (Å²) >= 11 is 0. The van der Waals surface area contributed by atoms with Crippen molar-refractivity contribution in [2.24, 2.45) is 4.99 Å². The van der Waals surface area contributed by atoms with Crippen molar-refractivity contribution in [1.82, 2.24) is 20.4 Å². The molecule has 0 aromatic carbocycles. The minimum atomic E-state index is -4.19. The Morgan fingerprint density at radius 1 is 1.38 bits per heavy atom. The summed E-state index contributed by atoms with van der Waals surface area (Å²) in [4.78, 5) is 19.0. The maximum atomic E-state index is 12.3. The van der Waals surface area contributed by atoms with Crippen molar-refractivity contribution in [3.63, 3.8) is 0 Å². The number of hydrogen-bond donors (Lipinski definition) is 2. The second kappa shape index (κ2) is 9.71. The number of halogens is 3. The second-order valence-electron chi connectivity index (χ2n) is 5.94. The zero-order chi connectivity index (χ0) is 18.2. The Balaban J connectivity index is 2.44. The molecule has 0 aromatic rings. The Morgan fingerprint density at radius 3 is 2.67 bits per heavy atom. The lowest BCUT2D eigenvalue weighted by Gasteiger charge is -2.20. The van der Waals surface area contributed by atoms with Crippen molar-refractivity contribution in [1.29, 1.82) is 0 Å². The largest absolute Gasteiger partial charge is 0.401 e. The molecule has 0 bridgehead atoms. The fourth-order valence-electron chi connectivity index (χ4n) is 2.56. The van der Waals surface area contributed by atoms with Gasteiger partial charge in [0.25, 0.3) is 0 Å². The molecule has 2 N–H and O–H groups in total. The maximum Gasteiger partial charge on any atom is 0.401 e. The molecule has 1 aliphatic heterocycles. The number of guanidine groups is 1. The summed E-state index contributed by atoms with van der Waals surface area (Å²) in [6.45, 7) is 5.33. The lowest BCUT2D eigenvalue weighted by atomic mass is 10.3. The second-order valence-corrected chi connectivity index (χ2v) is 5.94. The Kier molecular flexibility index (Phi) is 8.30. The van der Waals surface area contributed by atoms with Crippen molar-refractivity contribution in [2.45, 2.75) is 38.9 Å². The van der Waals surface area contributed by atoms with E-state index in [-0.39, 0.29) is 25.0 Å². The van der Waals surface area contributed by atoms with E-state index in [4.69, 9.17) is 0 Å². The number of aliphatic imine (C=N–C) groups is 1. The third-order valence-electron chi connectivity index (χ3n) is 3.73. The summed E-state index contributed by atoms with van der Waals surface area (Å²) in [5.74, 6) is 0.712. The summed E-state index contributed by atoms with van der Waals surface area (Å²) in [5.41, 5.74) is 0. The van der Waals surface area contributed by atoms with Gasteiger partial charge in [-0.3, -0.25) is 14.7 Å². The van der Waals surface area contributed by atoms with Gasteiger partial charge in [0.1, 0.15) is 0 Å². The van der Waals surface area contributed by atoms with Crippen LogP contribution in [0.3, 0.4) is 0 Å². The Labute approximate surface area is 141 Å². The number of alkyl halides is 3. The third-order valence-corrected chi connectivity index (χ3v) is 3.73. The van der Waals surface area contributed by atoms with Gasteiger partial charge < -0.3 is 15.5 Å². The van der Waals surface area contributed by atoms with Crippen molar-refractivity contribution >= 4 is 11.9 Å². The summed E-state index contributed by atoms with van der Waals surface area (Å²) < 4.78 is 36.8. The molecule has 0 saturated carbocycles. The van der Waals surface area contributed by atoms with Gasteiger partial charge >= 0.3 is 6.18 Å². The molecule has 1 rings (SSSR count). The number of likely N-dealkylation sites (tertiary alicyclic amines) is 1. The number of amides is 1. The van der Waals surface area contributed by atoms with E-state index < -0.39 is 12.7 Å². The molecule has 1 heterocycles. The topological polar surface area (TPSA) is 60.0 Å². The first-order valence-corrected chi connectivity index (χ1v) is 8.33. The average molecular weight is 351 g/mol. The first kappa shape index (κ1) is 20.5. The van der Waals surface area contributed by atoms with Gasteiger partial charge in [-0.2, -0.15) is 13.2 Å². The SMILES string of the molecule is CCNC(=NCCN(C)CC(F)(F)F)NC1CCN(C(=O)CC)C1. The minimum absolute atomic E-state index is 0.117. The van der Waals surface area contributed by atoms with Crippen LogP contribution in [-0.2, 0) is 4.79 Å². The molecule has 0 aliphatic carbocycles. The first-order valence-electron chi connectivity index (χ1n) is 8.33. The van der Waals surface area contributed by atoms with Gasteiger partial charge in [-0.15, -0.1) is 0 Å². The summed E-state index contributed by atoms with van der Waals surface area (Å²) in [6, 6.07) is 0.117. The van der Waals surface area contributed by atoms with Crippen LogP contribution in [0.15, 0.2) is 4.99 Å². The summed E-state index contributed by atoms with van der Waals surface area (Å²) in [7, 11) is 1.43. The van der Waals surface area contributed by atoms with Gasteiger partial charge in [0.05, 0.1) is 13.1 Å². The summed E-state index contributed by atoms with van der Waals surface area (Å²) in [5, 5.41) is 6.34. The lowest BCUT2D eigenvalue weighted by molar-refractivity contribution is -0.142. The van der Waals surface area contributed by atoms with Crippen LogP contribution in [0.1, 0.15) is 26.7 Å². The van der Waals surface area contributed by atoms with Gasteiger partial charge in [-0.1, -0.05) is 6.92 Å². The number of carbonyl (C=O) groups is 1. The zero-order valence-electron chi connectivity index (χ0n) is 14.6. The molecule has 1 atom stereocenters. The maximum absolute atomic E-state index is 12.3. The molecular weight excluding hydrogens is 323 g/mol. The number of likely N-dealkylation sites (N-methyl/N-ethyl adjacent to an activating group) is 1. The van der Waals surface area contributed by atoms with Gasteiger partial charge in [0.2, 0.25) is 5.91 Å². The number of nitrogens with one attached hydrogen (secondary N) is 2. The van der Waals surface area contributed by atoms with Crippen molar-refractivity contribution in [2.75, 3.05) is 46.3 Å². The van der Waals surface area contributed by atoms with Crippen molar-refractivity contribution in [3.05, 3.63) is 0 Å². The Hall–Kier alpha value is -1.51. The molecule has 1 unspecified atom stereocenters. The summed E-state index contributed by atoms with van der Waals surface area (Å²) in [6.07, 6.45) is -2.86. The van der Waals surface area contributed by atoms with Crippen molar-refractivity contribution in [3.8, 4) is 0 Å². The monoisotopic (exact) mass is 351 g/mol. The van der Waals surface area contributed by atoms with E-state index in [2.05, 4.69) is 15.6 Å². The van der Waals surface area contributed by atoms with E-state index in [0.29, 0.717) is 25.5 Å². The number of rotatable bonds is 7.